The first kappa shape index (κ1) is 14.3. The number of amides is 1. The molecule has 2 aliphatic rings. The normalized spacial score (nSPS) is 21.3. The Kier molecular flexibility index (Phi) is 4.05. The molecule has 1 N–H and O–H groups in total. The van der Waals surface area contributed by atoms with Gasteiger partial charge in [-0.1, -0.05) is 0 Å². The van der Waals surface area contributed by atoms with E-state index in [1.165, 1.54) is 0 Å². The largest absolute Gasteiger partial charge is 0.381 e. The van der Waals surface area contributed by atoms with Gasteiger partial charge in [0.15, 0.2) is 0 Å². The van der Waals surface area contributed by atoms with Crippen LogP contribution in [0.3, 0.4) is 0 Å². The number of likely N-dealkylation sites (tertiary alicyclic amines) is 1. The van der Waals surface area contributed by atoms with Gasteiger partial charge < -0.3 is 15.0 Å². The van der Waals surface area contributed by atoms with Crippen LogP contribution < -0.4 is 5.32 Å². The minimum Gasteiger partial charge on any atom is -0.381 e. The number of hydrogen-bond acceptors (Lipinski definition) is 5. The van der Waals surface area contributed by atoms with Crippen molar-refractivity contribution in [2.45, 2.75) is 25.7 Å². The maximum Gasteiger partial charge on any atom is 0.256 e. The Morgan fingerprint density at radius 3 is 2.38 bits per heavy atom. The molecule has 2 saturated heterocycles. The van der Waals surface area contributed by atoms with Crippen LogP contribution in [0.5, 0.6) is 0 Å². The standard InChI is InChI=1S/C15H22N4O2/c1-16-14-17-10-12(11-18-14)13(20)19-6-2-15(3-7-19)4-8-21-9-5-15/h10-11H,2-9H2,1H3,(H,16,17,18). The summed E-state index contributed by atoms with van der Waals surface area (Å²) in [5.74, 6) is 0.575. The van der Waals surface area contributed by atoms with Crippen LogP contribution >= 0.6 is 0 Å². The van der Waals surface area contributed by atoms with Crippen LogP contribution in [0.15, 0.2) is 12.4 Å². The molecular weight excluding hydrogens is 268 g/mol. The van der Waals surface area contributed by atoms with Crippen LogP contribution in [0.25, 0.3) is 0 Å². The van der Waals surface area contributed by atoms with Gasteiger partial charge in [-0.3, -0.25) is 4.79 Å². The highest BCUT2D eigenvalue weighted by Gasteiger charge is 2.37. The van der Waals surface area contributed by atoms with Gasteiger partial charge >= 0.3 is 0 Å². The summed E-state index contributed by atoms with van der Waals surface area (Å²) < 4.78 is 5.46. The van der Waals surface area contributed by atoms with Crippen molar-refractivity contribution >= 4 is 11.9 Å². The van der Waals surface area contributed by atoms with Crippen molar-refractivity contribution < 1.29 is 9.53 Å². The SMILES string of the molecule is CNc1ncc(C(=O)N2CCC3(CCOCC3)CC2)cn1. The molecule has 1 amide bonds. The lowest BCUT2D eigenvalue weighted by molar-refractivity contribution is -0.0175. The molecule has 3 heterocycles. The molecule has 0 atom stereocenters. The molecule has 6 nitrogen and oxygen atoms in total. The van der Waals surface area contributed by atoms with Crippen molar-refractivity contribution in [1.82, 2.24) is 14.9 Å². The van der Waals surface area contributed by atoms with Crippen LogP contribution in [-0.4, -0.2) is 54.1 Å². The first-order valence-electron chi connectivity index (χ1n) is 7.59. The Morgan fingerprint density at radius 2 is 1.81 bits per heavy atom. The molecule has 0 bridgehead atoms. The van der Waals surface area contributed by atoms with E-state index in [4.69, 9.17) is 4.74 Å². The molecule has 0 unspecified atom stereocenters. The van der Waals surface area contributed by atoms with Gasteiger partial charge in [0.25, 0.3) is 5.91 Å². The number of carbonyl (C=O) groups excluding carboxylic acids is 1. The topological polar surface area (TPSA) is 67.4 Å². The Balaban J connectivity index is 1.61. The Labute approximate surface area is 124 Å². The maximum absolute atomic E-state index is 12.5. The minimum atomic E-state index is 0.0413. The number of hydrogen-bond donors (Lipinski definition) is 1. The van der Waals surface area contributed by atoms with E-state index in [-0.39, 0.29) is 5.91 Å². The second-order valence-corrected chi connectivity index (χ2v) is 5.95. The average molecular weight is 290 g/mol. The van der Waals surface area contributed by atoms with Gasteiger partial charge in [0.2, 0.25) is 5.95 Å². The van der Waals surface area contributed by atoms with Gasteiger partial charge in [-0.25, -0.2) is 9.97 Å². The fraction of sp³-hybridized carbons (Fsp3) is 0.667. The summed E-state index contributed by atoms with van der Waals surface area (Å²) >= 11 is 0. The van der Waals surface area contributed by atoms with Gasteiger partial charge in [0, 0.05) is 45.7 Å². The third kappa shape index (κ3) is 3.00. The van der Waals surface area contributed by atoms with E-state index >= 15 is 0 Å². The fourth-order valence-electron chi connectivity index (χ4n) is 3.24. The average Bonchev–Trinajstić information content (AvgIpc) is 2.56. The highest BCUT2D eigenvalue weighted by Crippen LogP contribution is 2.40. The van der Waals surface area contributed by atoms with E-state index in [1.54, 1.807) is 19.4 Å². The van der Waals surface area contributed by atoms with E-state index in [2.05, 4.69) is 15.3 Å². The van der Waals surface area contributed by atoms with E-state index in [1.807, 2.05) is 4.90 Å². The minimum absolute atomic E-state index is 0.0413. The number of nitrogens with one attached hydrogen (secondary N) is 1. The van der Waals surface area contributed by atoms with Crippen LogP contribution in [-0.2, 0) is 4.74 Å². The monoisotopic (exact) mass is 290 g/mol. The molecule has 0 aliphatic carbocycles. The molecule has 3 rings (SSSR count). The molecule has 0 saturated carbocycles. The molecule has 21 heavy (non-hydrogen) atoms. The summed E-state index contributed by atoms with van der Waals surface area (Å²) in [7, 11) is 1.76. The molecule has 1 aromatic rings. The first-order chi connectivity index (χ1) is 10.2. The van der Waals surface area contributed by atoms with Crippen molar-refractivity contribution in [3.8, 4) is 0 Å². The fourth-order valence-corrected chi connectivity index (χ4v) is 3.24. The summed E-state index contributed by atoms with van der Waals surface area (Å²) in [5, 5.41) is 2.85. The van der Waals surface area contributed by atoms with Crippen molar-refractivity contribution in [2.24, 2.45) is 5.41 Å². The quantitative estimate of drug-likeness (QED) is 0.895. The number of piperidine rings is 1. The summed E-state index contributed by atoms with van der Waals surface area (Å²) in [4.78, 5) is 22.6. The van der Waals surface area contributed by atoms with Gasteiger partial charge in [-0.05, 0) is 31.1 Å². The van der Waals surface area contributed by atoms with Gasteiger partial charge in [-0.15, -0.1) is 0 Å². The predicted molar refractivity (Wildman–Crippen MR) is 79.2 cm³/mol. The van der Waals surface area contributed by atoms with Crippen LogP contribution in [0.2, 0.25) is 0 Å². The van der Waals surface area contributed by atoms with Crippen molar-refractivity contribution in [2.75, 3.05) is 38.7 Å². The molecule has 2 aliphatic heterocycles. The zero-order chi connectivity index (χ0) is 14.7. The number of ether oxygens (including phenoxy) is 1. The summed E-state index contributed by atoms with van der Waals surface area (Å²) in [5.41, 5.74) is 0.971. The Hall–Kier alpha value is -1.69. The van der Waals surface area contributed by atoms with Crippen LogP contribution in [0.4, 0.5) is 5.95 Å². The zero-order valence-corrected chi connectivity index (χ0v) is 12.5. The summed E-state index contributed by atoms with van der Waals surface area (Å²) in [6.07, 6.45) is 7.62. The number of anilines is 1. The molecule has 6 heteroatoms. The third-order valence-electron chi connectivity index (χ3n) is 4.79. The molecular formula is C15H22N4O2. The predicted octanol–water partition coefficient (Wildman–Crippen LogP) is 1.55. The number of nitrogens with zero attached hydrogens (tertiary/aromatic N) is 3. The molecule has 2 fully saturated rings. The smallest absolute Gasteiger partial charge is 0.256 e. The van der Waals surface area contributed by atoms with E-state index in [0.29, 0.717) is 16.9 Å². The molecule has 1 spiro atoms. The van der Waals surface area contributed by atoms with Gasteiger partial charge in [-0.2, -0.15) is 0 Å². The van der Waals surface area contributed by atoms with Gasteiger partial charge in [0.1, 0.15) is 0 Å². The Bertz CT molecular complexity index is 487. The molecule has 0 aromatic carbocycles. The Morgan fingerprint density at radius 1 is 1.19 bits per heavy atom. The summed E-state index contributed by atoms with van der Waals surface area (Å²) in [6, 6.07) is 0. The van der Waals surface area contributed by atoms with Crippen molar-refractivity contribution in [3.63, 3.8) is 0 Å². The van der Waals surface area contributed by atoms with Gasteiger partial charge in [0.05, 0.1) is 5.56 Å². The highest BCUT2D eigenvalue weighted by molar-refractivity contribution is 5.93. The second kappa shape index (κ2) is 5.97. The van der Waals surface area contributed by atoms with Crippen molar-refractivity contribution in [3.05, 3.63) is 18.0 Å². The van der Waals surface area contributed by atoms with Crippen LogP contribution in [0.1, 0.15) is 36.0 Å². The maximum atomic E-state index is 12.5. The van der Waals surface area contributed by atoms with E-state index in [0.717, 1.165) is 52.0 Å². The second-order valence-electron chi connectivity index (χ2n) is 5.95. The summed E-state index contributed by atoms with van der Waals surface area (Å²) in [6.45, 7) is 3.39. The number of aromatic nitrogens is 2. The number of rotatable bonds is 2. The highest BCUT2D eigenvalue weighted by atomic mass is 16.5. The lowest BCUT2D eigenvalue weighted by Gasteiger charge is -2.44. The number of carbonyl (C=O) groups is 1. The van der Waals surface area contributed by atoms with E-state index < -0.39 is 0 Å². The zero-order valence-electron chi connectivity index (χ0n) is 12.5. The van der Waals surface area contributed by atoms with Crippen LogP contribution in [0, 0.1) is 5.41 Å². The van der Waals surface area contributed by atoms with E-state index in [9.17, 15) is 4.79 Å². The lowest BCUT2D eigenvalue weighted by atomic mass is 9.72. The first-order valence-corrected chi connectivity index (χ1v) is 7.59. The molecule has 0 radical (unpaired) electrons. The molecule has 114 valence electrons. The molecule has 1 aromatic heterocycles. The third-order valence-corrected chi connectivity index (χ3v) is 4.79. The lowest BCUT2D eigenvalue weighted by Crippen LogP contribution is -2.45. The van der Waals surface area contributed by atoms with Crippen molar-refractivity contribution in [1.29, 1.82) is 0 Å².